The van der Waals surface area contributed by atoms with E-state index in [9.17, 15) is 13.0 Å². The van der Waals surface area contributed by atoms with Gasteiger partial charge in [0.25, 0.3) is 10.1 Å². The molecule has 0 aromatic heterocycles. The molecule has 0 saturated carbocycles. The van der Waals surface area contributed by atoms with Crippen LogP contribution in [-0.2, 0) is 23.4 Å². The summed E-state index contributed by atoms with van der Waals surface area (Å²) >= 11 is 1.42. The lowest BCUT2D eigenvalue weighted by Gasteiger charge is -2.19. The van der Waals surface area contributed by atoms with Gasteiger partial charge in [-0.2, -0.15) is 8.42 Å². The summed E-state index contributed by atoms with van der Waals surface area (Å²) in [4.78, 5) is 0.732. The first kappa shape index (κ1) is 19.7. The maximum atomic E-state index is 12.5. The highest BCUT2D eigenvalue weighted by atomic mass is 32.2. The summed E-state index contributed by atoms with van der Waals surface area (Å²) in [7, 11) is -7.08. The summed E-state index contributed by atoms with van der Waals surface area (Å²) in [5, 5.41) is 0. The third kappa shape index (κ3) is 5.70. The van der Waals surface area contributed by atoms with Gasteiger partial charge < -0.3 is 4.52 Å². The normalized spacial score (nSPS) is 15.0. The second-order valence-electron chi connectivity index (χ2n) is 4.87. The number of thioether (sulfide) groups is 1. The minimum absolute atomic E-state index is 0.106. The smallest absolute Gasteiger partial charge is 0.298 e. The highest BCUT2D eigenvalue weighted by molar-refractivity contribution is 8.00. The van der Waals surface area contributed by atoms with Crippen LogP contribution in [0.5, 0.6) is 0 Å². The van der Waals surface area contributed by atoms with E-state index in [1.165, 1.54) is 17.8 Å². The molecule has 0 N–H and O–H groups in total. The average Bonchev–Trinajstić information content (AvgIpc) is 2.45. The van der Waals surface area contributed by atoms with Crippen molar-refractivity contribution in [1.29, 1.82) is 0 Å². The van der Waals surface area contributed by atoms with Crippen LogP contribution < -0.4 is 0 Å². The van der Waals surface area contributed by atoms with Gasteiger partial charge >= 0.3 is 0 Å². The van der Waals surface area contributed by atoms with Gasteiger partial charge in [0.1, 0.15) is 11.2 Å². The van der Waals surface area contributed by atoms with Crippen LogP contribution >= 0.6 is 19.1 Å². The molecule has 1 rings (SSSR count). The third-order valence-electron chi connectivity index (χ3n) is 2.71. The molecule has 0 saturated heterocycles. The molecule has 0 spiro atoms. The van der Waals surface area contributed by atoms with E-state index in [1.807, 2.05) is 6.92 Å². The van der Waals surface area contributed by atoms with Gasteiger partial charge in [0.2, 0.25) is 7.37 Å². The van der Waals surface area contributed by atoms with Crippen molar-refractivity contribution in [2.45, 2.75) is 43.6 Å². The highest BCUT2D eigenvalue weighted by Gasteiger charge is 2.28. The molecule has 0 heterocycles. The minimum Gasteiger partial charge on any atom is -0.324 e. The Kier molecular flexibility index (Phi) is 7.62. The summed E-state index contributed by atoms with van der Waals surface area (Å²) in [5.41, 5.74) is 0. The van der Waals surface area contributed by atoms with Crippen LogP contribution in [0.2, 0.25) is 0 Å². The molecule has 1 aromatic carbocycles. The largest absolute Gasteiger partial charge is 0.324 e. The SMILES string of the molecule is CCSc1ccccc1S(=O)(=O)OCP(=O)(CC)OC(C)C. The Morgan fingerprint density at radius 3 is 2.41 bits per heavy atom. The molecule has 1 aromatic rings. The van der Waals surface area contributed by atoms with E-state index in [4.69, 9.17) is 8.71 Å². The van der Waals surface area contributed by atoms with Crippen LogP contribution in [0.25, 0.3) is 0 Å². The molecule has 0 fully saturated rings. The fourth-order valence-electron chi connectivity index (χ4n) is 1.73. The van der Waals surface area contributed by atoms with Crippen LogP contribution in [0.4, 0.5) is 0 Å². The zero-order valence-corrected chi connectivity index (χ0v) is 15.8. The summed E-state index contributed by atoms with van der Waals surface area (Å²) < 4.78 is 47.6. The number of hydrogen-bond donors (Lipinski definition) is 0. The van der Waals surface area contributed by atoms with Gasteiger partial charge in [-0.3, -0.25) is 8.75 Å². The molecular weight excluding hydrogens is 343 g/mol. The van der Waals surface area contributed by atoms with Crippen molar-refractivity contribution in [2.75, 3.05) is 18.3 Å². The van der Waals surface area contributed by atoms with Crippen LogP contribution in [0.15, 0.2) is 34.1 Å². The highest BCUT2D eigenvalue weighted by Crippen LogP contribution is 2.48. The Bertz CT molecular complexity index is 628. The van der Waals surface area contributed by atoms with Crippen molar-refractivity contribution in [3.8, 4) is 0 Å². The van der Waals surface area contributed by atoms with Crippen molar-refractivity contribution in [3.05, 3.63) is 24.3 Å². The first-order valence-electron chi connectivity index (χ1n) is 7.12. The third-order valence-corrected chi connectivity index (χ3v) is 7.58. The summed E-state index contributed by atoms with van der Waals surface area (Å²) in [6.07, 6.45) is -0.457. The Hall–Kier alpha value is -0.330. The van der Waals surface area contributed by atoms with Gasteiger partial charge in [-0.15, -0.1) is 11.8 Å². The molecule has 0 bridgehead atoms. The quantitative estimate of drug-likeness (QED) is 0.371. The minimum atomic E-state index is -3.97. The molecule has 22 heavy (non-hydrogen) atoms. The monoisotopic (exact) mass is 366 g/mol. The molecule has 8 heteroatoms. The Balaban J connectivity index is 2.95. The van der Waals surface area contributed by atoms with Crippen molar-refractivity contribution < 1.29 is 21.7 Å². The lowest BCUT2D eigenvalue weighted by molar-refractivity contribution is 0.228. The molecule has 0 aliphatic carbocycles. The van der Waals surface area contributed by atoms with Gasteiger partial charge in [-0.05, 0) is 31.7 Å². The Morgan fingerprint density at radius 1 is 1.23 bits per heavy atom. The molecule has 0 amide bonds. The molecule has 1 unspecified atom stereocenters. The molecule has 0 aliphatic heterocycles. The van der Waals surface area contributed by atoms with E-state index < -0.39 is 23.8 Å². The first-order chi connectivity index (χ1) is 10.2. The number of hydrogen-bond acceptors (Lipinski definition) is 6. The second kappa shape index (κ2) is 8.50. The first-order valence-corrected chi connectivity index (χ1v) is 11.5. The van der Waals surface area contributed by atoms with Crippen molar-refractivity contribution >= 4 is 29.2 Å². The van der Waals surface area contributed by atoms with Crippen LogP contribution in [0, 0.1) is 0 Å². The number of rotatable bonds is 9. The van der Waals surface area contributed by atoms with Crippen molar-refractivity contribution in [1.82, 2.24) is 0 Å². The zero-order chi connectivity index (χ0) is 16.8. The van der Waals surface area contributed by atoms with Crippen LogP contribution in [-0.4, -0.2) is 32.8 Å². The predicted octanol–water partition coefficient (Wildman–Crippen LogP) is 4.18. The fraction of sp³-hybridized carbons (Fsp3) is 0.571. The Morgan fingerprint density at radius 2 is 1.86 bits per heavy atom. The number of benzene rings is 1. The summed E-state index contributed by atoms with van der Waals surface area (Å²) in [5.74, 6) is 0.746. The Labute approximate surface area is 137 Å². The van der Waals surface area contributed by atoms with E-state index in [0.29, 0.717) is 4.90 Å². The van der Waals surface area contributed by atoms with Gasteiger partial charge in [0.15, 0.2) is 0 Å². The summed E-state index contributed by atoms with van der Waals surface area (Å²) in [6, 6.07) is 6.64. The standard InChI is InChI=1S/C14H23O5PS2/c1-5-20(15,19-12(3)4)11-18-22(16,17)14-10-8-7-9-13(14)21-6-2/h7-10,12H,5-6,11H2,1-4H3. The predicted molar refractivity (Wildman–Crippen MR) is 90.3 cm³/mol. The van der Waals surface area contributed by atoms with Crippen LogP contribution in [0.3, 0.4) is 0 Å². The zero-order valence-electron chi connectivity index (χ0n) is 13.3. The van der Waals surface area contributed by atoms with Gasteiger partial charge in [-0.25, -0.2) is 0 Å². The van der Waals surface area contributed by atoms with E-state index in [2.05, 4.69) is 0 Å². The van der Waals surface area contributed by atoms with E-state index in [0.717, 1.165) is 5.75 Å². The molecule has 5 nitrogen and oxygen atoms in total. The molecule has 0 aliphatic rings. The van der Waals surface area contributed by atoms with Crippen LogP contribution in [0.1, 0.15) is 27.7 Å². The second-order valence-corrected chi connectivity index (χ2v) is 10.5. The average molecular weight is 366 g/mol. The van der Waals surface area contributed by atoms with Gasteiger partial charge in [0.05, 0.1) is 6.10 Å². The maximum absolute atomic E-state index is 12.5. The topological polar surface area (TPSA) is 69.7 Å². The molecule has 1 atom stereocenters. The molecular formula is C14H23O5PS2. The van der Waals surface area contributed by atoms with E-state index in [-0.39, 0.29) is 17.2 Å². The molecule has 126 valence electrons. The fourth-order valence-corrected chi connectivity index (χ4v) is 5.95. The maximum Gasteiger partial charge on any atom is 0.298 e. The van der Waals surface area contributed by atoms with E-state index >= 15 is 0 Å². The lowest BCUT2D eigenvalue weighted by Crippen LogP contribution is -2.13. The van der Waals surface area contributed by atoms with Gasteiger partial charge in [0, 0.05) is 11.1 Å². The van der Waals surface area contributed by atoms with Crippen molar-refractivity contribution in [3.63, 3.8) is 0 Å². The van der Waals surface area contributed by atoms with E-state index in [1.54, 1.807) is 39.0 Å². The van der Waals surface area contributed by atoms with Crippen molar-refractivity contribution in [2.24, 2.45) is 0 Å². The van der Waals surface area contributed by atoms with Gasteiger partial charge in [-0.1, -0.05) is 26.0 Å². The molecule has 0 radical (unpaired) electrons. The lowest BCUT2D eigenvalue weighted by atomic mass is 10.4. The summed E-state index contributed by atoms with van der Waals surface area (Å²) in [6.45, 7) is 7.14.